The molecule has 20 unspecified atom stereocenters. The lowest BCUT2D eigenvalue weighted by molar-refractivity contribution is -0.312. The van der Waals surface area contributed by atoms with Gasteiger partial charge in [0.25, 0.3) is 0 Å². The van der Waals surface area contributed by atoms with Crippen LogP contribution in [0.5, 0.6) is 0 Å². The first kappa shape index (κ1) is 47.6. The summed E-state index contributed by atoms with van der Waals surface area (Å²) in [5.41, 5.74) is -3.03. The van der Waals surface area contributed by atoms with Gasteiger partial charge in [0.05, 0.1) is 54.1 Å². The van der Waals surface area contributed by atoms with Crippen molar-refractivity contribution < 1.29 is 72.7 Å². The first-order chi connectivity index (χ1) is 25.4. The number of methoxy groups -OCH3 is 2. The van der Waals surface area contributed by atoms with Crippen LogP contribution in [0.4, 0.5) is 0 Å². The van der Waals surface area contributed by atoms with Crippen molar-refractivity contribution in [2.45, 2.75) is 187 Å². The van der Waals surface area contributed by atoms with E-state index in [2.05, 4.69) is 0 Å². The molecular formula is C40H70O15. The van der Waals surface area contributed by atoms with Crippen molar-refractivity contribution in [3.8, 4) is 0 Å². The van der Waals surface area contributed by atoms with E-state index >= 15 is 0 Å². The monoisotopic (exact) mass is 790 g/mol. The molecule has 3 aliphatic rings. The van der Waals surface area contributed by atoms with E-state index in [1.54, 1.807) is 62.3 Å². The zero-order valence-electron chi connectivity index (χ0n) is 35.3. The van der Waals surface area contributed by atoms with Crippen LogP contribution in [0.25, 0.3) is 0 Å². The number of hydrogen-bond acceptors (Lipinski definition) is 15. The van der Waals surface area contributed by atoms with Gasteiger partial charge >= 0.3 is 11.9 Å². The van der Waals surface area contributed by atoms with Crippen molar-refractivity contribution in [3.05, 3.63) is 0 Å². The van der Waals surface area contributed by atoms with E-state index in [0.29, 0.717) is 6.42 Å². The molecule has 3 saturated heterocycles. The Morgan fingerprint density at radius 2 is 1.49 bits per heavy atom. The molecule has 15 nitrogen and oxygen atoms in total. The van der Waals surface area contributed by atoms with Crippen LogP contribution in [0, 0.1) is 35.5 Å². The van der Waals surface area contributed by atoms with E-state index in [1.807, 2.05) is 6.92 Å². The number of esters is 2. The van der Waals surface area contributed by atoms with Crippen LogP contribution in [-0.4, -0.2) is 137 Å². The molecule has 0 radical (unpaired) electrons. The third-order valence-corrected chi connectivity index (χ3v) is 12.5. The molecular weight excluding hydrogens is 720 g/mol. The Hall–Kier alpha value is -1.79. The van der Waals surface area contributed by atoms with Crippen LogP contribution >= 0.6 is 0 Å². The summed E-state index contributed by atoms with van der Waals surface area (Å²) >= 11 is 0. The van der Waals surface area contributed by atoms with Gasteiger partial charge in [-0.15, -0.1) is 0 Å². The predicted octanol–water partition coefficient (Wildman–Crippen LogP) is 2.93. The SMILES string of the molecule is COC1CC(C)OC(OC2C(C)CC(C)(O)C(=O)C(C)C(OC(C)=O)C(C)C(C(C)C(C)O)OC(=O)C(C)C(OC3CC(C)(OC)C(O)C(C)O3)C2C)C1O. The average molecular weight is 791 g/mol. The summed E-state index contributed by atoms with van der Waals surface area (Å²) in [5.74, 6) is -6.92. The number of cyclic esters (lactones) is 1. The van der Waals surface area contributed by atoms with Gasteiger partial charge in [0.15, 0.2) is 18.4 Å². The van der Waals surface area contributed by atoms with Gasteiger partial charge < -0.3 is 58.3 Å². The number of aliphatic hydroxyl groups is 4. The van der Waals surface area contributed by atoms with Crippen LogP contribution in [-0.2, 0) is 52.3 Å². The molecule has 3 rings (SSSR count). The Kier molecular flexibility index (Phi) is 16.7. The lowest BCUT2D eigenvalue weighted by atomic mass is 9.74. The lowest BCUT2D eigenvalue weighted by Crippen LogP contribution is -2.58. The van der Waals surface area contributed by atoms with Crippen molar-refractivity contribution in [2.24, 2.45) is 35.5 Å². The topological polar surface area (TPSA) is 206 Å². The number of carbonyl (C=O) groups excluding carboxylic acids is 3. The second-order valence-corrected chi connectivity index (χ2v) is 17.1. The van der Waals surface area contributed by atoms with Gasteiger partial charge in [0.2, 0.25) is 0 Å². The molecule has 15 heteroatoms. The minimum atomic E-state index is -1.97. The molecule has 0 saturated carbocycles. The quantitative estimate of drug-likeness (QED) is 0.248. The highest BCUT2D eigenvalue weighted by atomic mass is 16.7. The molecule has 0 amide bonds. The molecule has 0 aliphatic carbocycles. The maximum atomic E-state index is 14.5. The molecule has 0 aromatic carbocycles. The van der Waals surface area contributed by atoms with Crippen molar-refractivity contribution in [1.29, 1.82) is 0 Å². The molecule has 0 bridgehead atoms. The van der Waals surface area contributed by atoms with E-state index in [0.717, 1.165) is 0 Å². The normalized spacial score (nSPS) is 46.6. The number of rotatable bonds is 9. The van der Waals surface area contributed by atoms with Gasteiger partial charge in [0, 0.05) is 51.7 Å². The van der Waals surface area contributed by atoms with Gasteiger partial charge in [0.1, 0.15) is 30.0 Å². The van der Waals surface area contributed by atoms with Crippen molar-refractivity contribution >= 4 is 17.7 Å². The minimum Gasteiger partial charge on any atom is -0.461 e. The van der Waals surface area contributed by atoms with Crippen LogP contribution in [0.15, 0.2) is 0 Å². The van der Waals surface area contributed by atoms with E-state index in [1.165, 1.54) is 28.1 Å². The van der Waals surface area contributed by atoms with Crippen molar-refractivity contribution in [3.63, 3.8) is 0 Å². The van der Waals surface area contributed by atoms with E-state index in [4.69, 9.17) is 37.9 Å². The third kappa shape index (κ3) is 11.0. The Balaban J connectivity index is 2.24. The molecule has 0 aromatic rings. The molecule has 4 N–H and O–H groups in total. The van der Waals surface area contributed by atoms with E-state index < -0.39 is 132 Å². The van der Waals surface area contributed by atoms with Crippen LogP contribution < -0.4 is 0 Å². The van der Waals surface area contributed by atoms with Crippen LogP contribution in [0.3, 0.4) is 0 Å². The summed E-state index contributed by atoms with van der Waals surface area (Å²) in [6.07, 6.45) is -10.8. The first-order valence-corrected chi connectivity index (χ1v) is 19.8. The van der Waals surface area contributed by atoms with Gasteiger partial charge in [-0.1, -0.05) is 34.6 Å². The first-order valence-electron chi connectivity index (χ1n) is 19.8. The average Bonchev–Trinajstić information content (AvgIpc) is 3.11. The minimum absolute atomic E-state index is 0.0996. The molecule has 3 fully saturated rings. The highest BCUT2D eigenvalue weighted by molar-refractivity contribution is 5.89. The highest BCUT2D eigenvalue weighted by Crippen LogP contribution is 2.40. The molecule has 20 atom stereocenters. The summed E-state index contributed by atoms with van der Waals surface area (Å²) in [4.78, 5) is 41.2. The van der Waals surface area contributed by atoms with Crippen molar-refractivity contribution in [2.75, 3.05) is 14.2 Å². The zero-order chi connectivity index (χ0) is 41.9. The van der Waals surface area contributed by atoms with E-state index in [-0.39, 0.29) is 18.9 Å². The fraction of sp³-hybridized carbons (Fsp3) is 0.925. The summed E-state index contributed by atoms with van der Waals surface area (Å²) in [6, 6.07) is 0. The number of Topliss-reactive ketones (excluding diaryl/α,β-unsaturated/α-hetero) is 1. The standard InChI is InChI=1S/C40H70O15/c1-18-16-39(11,47)35(44)23(6)33(52-27(10)42)22(5)32(20(3)25(8)41)54-37(46)24(7)34(53-29-17-40(12,49-14)36(45)26(9)51-29)21(4)31(18)55-38-30(43)28(48-13)15-19(2)50-38/h18-26,28-34,36,38,41,43,45,47H,15-17H2,1-14H3. The van der Waals surface area contributed by atoms with Gasteiger partial charge in [-0.3, -0.25) is 14.4 Å². The molecule has 0 spiro atoms. The number of carbonyl (C=O) groups is 3. The maximum Gasteiger partial charge on any atom is 0.311 e. The smallest absolute Gasteiger partial charge is 0.311 e. The summed E-state index contributed by atoms with van der Waals surface area (Å²) in [7, 11) is 2.97. The molecule has 3 heterocycles. The molecule has 55 heavy (non-hydrogen) atoms. The molecule has 0 aromatic heterocycles. The number of hydrogen-bond donors (Lipinski definition) is 4. The fourth-order valence-corrected chi connectivity index (χ4v) is 8.81. The van der Waals surface area contributed by atoms with Crippen molar-refractivity contribution in [1.82, 2.24) is 0 Å². The van der Waals surface area contributed by atoms with E-state index in [9.17, 15) is 34.8 Å². The Morgan fingerprint density at radius 1 is 0.873 bits per heavy atom. The predicted molar refractivity (Wildman–Crippen MR) is 198 cm³/mol. The Bertz CT molecular complexity index is 1280. The van der Waals surface area contributed by atoms with Gasteiger partial charge in [-0.2, -0.15) is 0 Å². The summed E-state index contributed by atoms with van der Waals surface area (Å²) < 4.78 is 48.9. The fourth-order valence-electron chi connectivity index (χ4n) is 8.81. The number of ether oxygens (including phenoxy) is 8. The Labute approximate surface area is 327 Å². The lowest BCUT2D eigenvalue weighted by Gasteiger charge is -2.47. The molecule has 320 valence electrons. The summed E-state index contributed by atoms with van der Waals surface area (Å²) in [6.45, 7) is 19.6. The van der Waals surface area contributed by atoms with Gasteiger partial charge in [-0.05, 0) is 53.9 Å². The second kappa shape index (κ2) is 19.3. The largest absolute Gasteiger partial charge is 0.461 e. The number of aliphatic hydroxyl groups excluding tert-OH is 3. The molecule has 3 aliphatic heterocycles. The summed E-state index contributed by atoms with van der Waals surface area (Å²) in [5, 5.41) is 45.0. The second-order valence-electron chi connectivity index (χ2n) is 17.1. The third-order valence-electron chi connectivity index (χ3n) is 12.5. The highest BCUT2D eigenvalue weighted by Gasteiger charge is 2.52. The maximum absolute atomic E-state index is 14.5. The zero-order valence-corrected chi connectivity index (χ0v) is 35.3. The number of ketones is 1. The van der Waals surface area contributed by atoms with Crippen LogP contribution in [0.2, 0.25) is 0 Å². The van der Waals surface area contributed by atoms with Gasteiger partial charge in [-0.25, -0.2) is 0 Å². The van der Waals surface area contributed by atoms with Crippen LogP contribution in [0.1, 0.15) is 102 Å². The Morgan fingerprint density at radius 3 is 2.04 bits per heavy atom.